The maximum absolute atomic E-state index is 12.3. The standard InChI is InChI=1S/C10H11F3N2O/c11-10(12,13)7-1-2-8(15-5-7)9-6-16-4-3-14-9/h1-2,5,9,14H,3-4,6H2. The van der Waals surface area contributed by atoms with E-state index in [0.717, 1.165) is 12.3 Å². The van der Waals surface area contributed by atoms with Crippen LogP contribution in [-0.2, 0) is 10.9 Å². The van der Waals surface area contributed by atoms with Crippen molar-refractivity contribution in [3.63, 3.8) is 0 Å². The fourth-order valence-corrected chi connectivity index (χ4v) is 1.53. The first-order chi connectivity index (χ1) is 7.57. The highest BCUT2D eigenvalue weighted by atomic mass is 19.4. The van der Waals surface area contributed by atoms with E-state index < -0.39 is 11.7 Å². The maximum atomic E-state index is 12.3. The highest BCUT2D eigenvalue weighted by Crippen LogP contribution is 2.29. The lowest BCUT2D eigenvalue weighted by Crippen LogP contribution is -2.35. The lowest BCUT2D eigenvalue weighted by Gasteiger charge is -2.23. The van der Waals surface area contributed by atoms with Crippen LogP contribution in [0.5, 0.6) is 0 Å². The van der Waals surface area contributed by atoms with Crippen LogP contribution in [0.1, 0.15) is 17.3 Å². The second kappa shape index (κ2) is 4.39. The van der Waals surface area contributed by atoms with E-state index in [2.05, 4.69) is 10.3 Å². The molecule has 1 atom stereocenters. The summed E-state index contributed by atoms with van der Waals surface area (Å²) in [7, 11) is 0. The van der Waals surface area contributed by atoms with Crippen LogP contribution in [0.25, 0.3) is 0 Å². The normalized spacial score (nSPS) is 22.1. The van der Waals surface area contributed by atoms with E-state index in [9.17, 15) is 13.2 Å². The van der Waals surface area contributed by atoms with E-state index in [1.165, 1.54) is 6.07 Å². The number of pyridine rings is 1. The van der Waals surface area contributed by atoms with Gasteiger partial charge < -0.3 is 10.1 Å². The summed E-state index contributed by atoms with van der Waals surface area (Å²) in [6, 6.07) is 2.31. The Kier molecular flexibility index (Phi) is 3.11. The quantitative estimate of drug-likeness (QED) is 0.801. The van der Waals surface area contributed by atoms with Crippen molar-refractivity contribution in [2.45, 2.75) is 12.2 Å². The number of ether oxygens (including phenoxy) is 1. The number of hydrogen-bond acceptors (Lipinski definition) is 3. The van der Waals surface area contributed by atoms with Crippen molar-refractivity contribution in [2.75, 3.05) is 19.8 Å². The lowest BCUT2D eigenvalue weighted by molar-refractivity contribution is -0.137. The molecule has 1 aliphatic rings. The van der Waals surface area contributed by atoms with Gasteiger partial charge in [0.2, 0.25) is 0 Å². The van der Waals surface area contributed by atoms with Gasteiger partial charge in [0, 0.05) is 12.7 Å². The van der Waals surface area contributed by atoms with Gasteiger partial charge in [-0.15, -0.1) is 0 Å². The second-order valence-electron chi connectivity index (χ2n) is 3.55. The molecule has 1 aromatic rings. The van der Waals surface area contributed by atoms with E-state index in [1.807, 2.05) is 0 Å². The number of hydrogen-bond donors (Lipinski definition) is 1. The third-order valence-corrected chi connectivity index (χ3v) is 2.39. The largest absolute Gasteiger partial charge is 0.417 e. The molecule has 2 rings (SSSR count). The van der Waals surface area contributed by atoms with Crippen molar-refractivity contribution in [3.05, 3.63) is 29.6 Å². The van der Waals surface area contributed by atoms with Crippen molar-refractivity contribution >= 4 is 0 Å². The Morgan fingerprint density at radius 3 is 2.69 bits per heavy atom. The summed E-state index contributed by atoms with van der Waals surface area (Å²) in [6.07, 6.45) is -3.48. The van der Waals surface area contributed by atoms with Gasteiger partial charge in [-0.3, -0.25) is 4.98 Å². The Morgan fingerprint density at radius 2 is 2.19 bits per heavy atom. The summed E-state index contributed by atoms with van der Waals surface area (Å²) >= 11 is 0. The van der Waals surface area contributed by atoms with E-state index >= 15 is 0 Å². The molecule has 1 saturated heterocycles. The molecule has 3 nitrogen and oxygen atoms in total. The van der Waals surface area contributed by atoms with Gasteiger partial charge in [0.1, 0.15) is 0 Å². The van der Waals surface area contributed by atoms with Gasteiger partial charge in [0.15, 0.2) is 0 Å². The van der Waals surface area contributed by atoms with Crippen molar-refractivity contribution < 1.29 is 17.9 Å². The Bertz CT molecular complexity index is 344. The Labute approximate surface area is 90.6 Å². The smallest absolute Gasteiger partial charge is 0.378 e. The summed E-state index contributed by atoms with van der Waals surface area (Å²) < 4.78 is 42.1. The van der Waals surface area contributed by atoms with Gasteiger partial charge in [0.25, 0.3) is 0 Å². The van der Waals surface area contributed by atoms with Gasteiger partial charge >= 0.3 is 6.18 Å². The molecule has 1 fully saturated rings. The molecule has 0 radical (unpaired) electrons. The predicted octanol–water partition coefficient (Wildman–Crippen LogP) is 1.76. The number of halogens is 3. The molecule has 0 aromatic carbocycles. The fraction of sp³-hybridized carbons (Fsp3) is 0.500. The number of aromatic nitrogens is 1. The summed E-state index contributed by atoms with van der Waals surface area (Å²) in [5, 5.41) is 3.12. The molecule has 0 amide bonds. The van der Waals surface area contributed by atoms with E-state index in [1.54, 1.807) is 0 Å². The molecular formula is C10H11F3N2O. The minimum absolute atomic E-state index is 0.115. The van der Waals surface area contributed by atoms with Crippen LogP contribution in [0.4, 0.5) is 13.2 Å². The third kappa shape index (κ3) is 2.51. The Balaban J connectivity index is 2.12. The number of rotatable bonds is 1. The van der Waals surface area contributed by atoms with Crippen molar-refractivity contribution in [1.82, 2.24) is 10.3 Å². The van der Waals surface area contributed by atoms with Gasteiger partial charge in [0.05, 0.1) is 30.5 Å². The predicted molar refractivity (Wildman–Crippen MR) is 50.8 cm³/mol. The third-order valence-electron chi connectivity index (χ3n) is 2.39. The summed E-state index contributed by atoms with van der Waals surface area (Å²) in [6.45, 7) is 1.75. The molecule has 6 heteroatoms. The van der Waals surface area contributed by atoms with Crippen LogP contribution in [0.3, 0.4) is 0 Å². The number of alkyl halides is 3. The molecule has 16 heavy (non-hydrogen) atoms. The average Bonchev–Trinajstić information content (AvgIpc) is 2.29. The zero-order valence-electron chi connectivity index (χ0n) is 8.42. The van der Waals surface area contributed by atoms with Gasteiger partial charge in [-0.05, 0) is 12.1 Å². The second-order valence-corrected chi connectivity index (χ2v) is 3.55. The van der Waals surface area contributed by atoms with E-state index in [4.69, 9.17) is 4.74 Å². The van der Waals surface area contributed by atoms with Crippen LogP contribution in [0.15, 0.2) is 18.3 Å². The monoisotopic (exact) mass is 232 g/mol. The molecule has 0 aliphatic carbocycles. The van der Waals surface area contributed by atoms with Crippen molar-refractivity contribution in [1.29, 1.82) is 0 Å². The molecular weight excluding hydrogens is 221 g/mol. The summed E-state index contributed by atoms with van der Waals surface area (Å²) in [4.78, 5) is 3.81. The minimum Gasteiger partial charge on any atom is -0.378 e. The zero-order valence-corrected chi connectivity index (χ0v) is 8.42. The van der Waals surface area contributed by atoms with Crippen molar-refractivity contribution in [2.24, 2.45) is 0 Å². The number of morpholine rings is 1. The van der Waals surface area contributed by atoms with Crippen LogP contribution >= 0.6 is 0 Å². The maximum Gasteiger partial charge on any atom is 0.417 e. The van der Waals surface area contributed by atoms with Crippen LogP contribution in [-0.4, -0.2) is 24.7 Å². The first kappa shape index (κ1) is 11.3. The highest BCUT2D eigenvalue weighted by Gasteiger charge is 2.31. The molecule has 0 saturated carbocycles. The molecule has 1 N–H and O–H groups in total. The molecule has 0 bridgehead atoms. The van der Waals surface area contributed by atoms with Crippen LogP contribution in [0, 0.1) is 0 Å². The molecule has 1 aromatic heterocycles. The number of nitrogens with one attached hydrogen (secondary N) is 1. The van der Waals surface area contributed by atoms with Gasteiger partial charge in [-0.2, -0.15) is 13.2 Å². The zero-order chi connectivity index (χ0) is 11.6. The van der Waals surface area contributed by atoms with Crippen LogP contribution in [0.2, 0.25) is 0 Å². The fourth-order valence-electron chi connectivity index (χ4n) is 1.53. The molecule has 1 aliphatic heterocycles. The average molecular weight is 232 g/mol. The van der Waals surface area contributed by atoms with Crippen molar-refractivity contribution in [3.8, 4) is 0 Å². The topological polar surface area (TPSA) is 34.1 Å². The molecule has 2 heterocycles. The lowest BCUT2D eigenvalue weighted by atomic mass is 10.1. The Morgan fingerprint density at radius 1 is 1.38 bits per heavy atom. The first-order valence-corrected chi connectivity index (χ1v) is 4.91. The molecule has 0 spiro atoms. The first-order valence-electron chi connectivity index (χ1n) is 4.91. The number of nitrogens with zero attached hydrogens (tertiary/aromatic N) is 1. The highest BCUT2D eigenvalue weighted by molar-refractivity contribution is 5.19. The minimum atomic E-state index is -4.33. The van der Waals surface area contributed by atoms with Crippen LogP contribution < -0.4 is 5.32 Å². The summed E-state index contributed by atoms with van der Waals surface area (Å²) in [5.74, 6) is 0. The van der Waals surface area contributed by atoms with Gasteiger partial charge in [-0.1, -0.05) is 0 Å². The molecule has 1 unspecified atom stereocenters. The van der Waals surface area contributed by atoms with E-state index in [0.29, 0.717) is 25.5 Å². The molecule has 88 valence electrons. The SMILES string of the molecule is FC(F)(F)c1ccc(C2COCCN2)nc1. The summed E-state index contributed by atoms with van der Waals surface area (Å²) in [5.41, 5.74) is -0.152. The van der Waals surface area contributed by atoms with E-state index in [-0.39, 0.29) is 6.04 Å². The van der Waals surface area contributed by atoms with Gasteiger partial charge in [-0.25, -0.2) is 0 Å². The Hall–Kier alpha value is -1.14.